The maximum atomic E-state index is 14.1. The Hall–Kier alpha value is -4.12. The fourth-order valence-electron chi connectivity index (χ4n) is 4.14. The van der Waals surface area contributed by atoms with E-state index in [1.54, 1.807) is 47.6 Å². The first-order valence-corrected chi connectivity index (χ1v) is 13.4. The van der Waals surface area contributed by atoms with Crippen molar-refractivity contribution in [2.75, 3.05) is 13.1 Å². The van der Waals surface area contributed by atoms with Gasteiger partial charge in [-0.25, -0.2) is 14.0 Å². The van der Waals surface area contributed by atoms with Crippen molar-refractivity contribution in [2.24, 2.45) is 0 Å². The first-order valence-electron chi connectivity index (χ1n) is 13.4. The van der Waals surface area contributed by atoms with Crippen molar-refractivity contribution in [3.05, 3.63) is 60.0 Å². The average molecular weight is 571 g/mol. The topological polar surface area (TPSA) is 142 Å². The number of hydrogen-bond acceptors (Lipinski definition) is 6. The summed E-state index contributed by atoms with van der Waals surface area (Å²) in [5, 5.41) is 19.1. The minimum absolute atomic E-state index is 0.0151. The molecule has 1 heterocycles. The predicted octanol–water partition coefficient (Wildman–Crippen LogP) is 4.87. The molecular formula is C30H39FN4O6. The highest BCUT2D eigenvalue weighted by Gasteiger charge is 2.25. The molecule has 3 aromatic rings. The molecule has 1 unspecified atom stereocenters. The van der Waals surface area contributed by atoms with Gasteiger partial charge in [-0.15, -0.1) is 0 Å². The van der Waals surface area contributed by atoms with Crippen LogP contribution in [0.1, 0.15) is 58.5 Å². The van der Waals surface area contributed by atoms with Crippen molar-refractivity contribution in [1.29, 1.82) is 0 Å². The summed E-state index contributed by atoms with van der Waals surface area (Å²) in [5.41, 5.74) is 0.603. The van der Waals surface area contributed by atoms with E-state index in [0.717, 1.165) is 5.56 Å². The number of ether oxygens (including phenoxy) is 2. The van der Waals surface area contributed by atoms with Gasteiger partial charge in [0.15, 0.2) is 0 Å². The van der Waals surface area contributed by atoms with Crippen LogP contribution in [0.25, 0.3) is 22.0 Å². The SMILES string of the molecule is CC(C)(C)OC(=O)NCC(O)C[C@@H](CNC(=O)c1[nH]c2ccc(F)cc2c1-c1ccccc1)NC(=O)OC(C)(C)C. The van der Waals surface area contributed by atoms with Crippen LogP contribution in [-0.2, 0) is 9.47 Å². The molecule has 41 heavy (non-hydrogen) atoms. The molecule has 1 aromatic heterocycles. The van der Waals surface area contributed by atoms with Gasteiger partial charge in [-0.05, 0) is 71.7 Å². The number of aromatic amines is 1. The second kappa shape index (κ2) is 13.0. The number of halogens is 1. The Bertz CT molecular complexity index is 1360. The third kappa shape index (κ3) is 9.78. The molecule has 0 saturated heterocycles. The van der Waals surface area contributed by atoms with Crippen molar-refractivity contribution in [3.8, 4) is 11.1 Å². The largest absolute Gasteiger partial charge is 0.444 e. The summed E-state index contributed by atoms with van der Waals surface area (Å²) in [7, 11) is 0. The molecule has 5 N–H and O–H groups in total. The molecule has 3 rings (SSSR count). The first-order chi connectivity index (χ1) is 19.1. The minimum Gasteiger partial charge on any atom is -0.444 e. The van der Waals surface area contributed by atoms with Gasteiger partial charge >= 0.3 is 12.2 Å². The van der Waals surface area contributed by atoms with Crippen molar-refractivity contribution in [3.63, 3.8) is 0 Å². The van der Waals surface area contributed by atoms with Gasteiger partial charge < -0.3 is 35.5 Å². The van der Waals surface area contributed by atoms with Crippen LogP contribution in [0.2, 0.25) is 0 Å². The molecule has 0 fully saturated rings. The lowest BCUT2D eigenvalue weighted by molar-refractivity contribution is 0.0438. The standard InChI is InChI=1S/C30H39FN4O6/c1-29(2,3)40-27(38)33-17-21(36)15-20(34-28(39)41-30(4,5)6)16-32-26(37)25-24(18-10-8-7-9-11-18)22-14-19(31)12-13-23(22)35-25/h7-14,20-21,35-36H,15-17H2,1-6H3,(H,32,37)(H,33,38)(H,34,39)/t20-,21?/m0/s1. The van der Waals surface area contributed by atoms with E-state index >= 15 is 0 Å². The summed E-state index contributed by atoms with van der Waals surface area (Å²) < 4.78 is 24.7. The molecule has 11 heteroatoms. The molecule has 2 atom stereocenters. The number of hydrogen-bond donors (Lipinski definition) is 5. The van der Waals surface area contributed by atoms with E-state index in [2.05, 4.69) is 20.9 Å². The number of rotatable bonds is 9. The van der Waals surface area contributed by atoms with Crippen LogP contribution in [-0.4, -0.2) is 64.6 Å². The van der Waals surface area contributed by atoms with Gasteiger partial charge in [-0.2, -0.15) is 0 Å². The number of nitrogens with one attached hydrogen (secondary N) is 4. The van der Waals surface area contributed by atoms with Crippen LogP contribution >= 0.6 is 0 Å². The fourth-order valence-corrected chi connectivity index (χ4v) is 4.14. The minimum atomic E-state index is -1.07. The number of benzene rings is 2. The molecule has 0 aliphatic heterocycles. The van der Waals surface area contributed by atoms with E-state index in [1.165, 1.54) is 12.1 Å². The second-order valence-electron chi connectivity index (χ2n) is 11.8. The Morgan fingerprint density at radius 1 is 0.902 bits per heavy atom. The predicted molar refractivity (Wildman–Crippen MR) is 154 cm³/mol. The molecule has 3 amide bonds. The lowest BCUT2D eigenvalue weighted by Gasteiger charge is -2.26. The number of alkyl carbamates (subject to hydrolysis) is 2. The van der Waals surface area contributed by atoms with Crippen LogP contribution in [0.15, 0.2) is 48.5 Å². The maximum Gasteiger partial charge on any atom is 0.407 e. The van der Waals surface area contributed by atoms with Gasteiger partial charge in [0.25, 0.3) is 5.91 Å². The average Bonchev–Trinajstić information content (AvgIpc) is 3.23. The van der Waals surface area contributed by atoms with Crippen LogP contribution in [0.3, 0.4) is 0 Å². The summed E-state index contributed by atoms with van der Waals surface area (Å²) >= 11 is 0. The van der Waals surface area contributed by atoms with Crippen molar-refractivity contribution >= 4 is 29.0 Å². The third-order valence-corrected chi connectivity index (χ3v) is 5.72. The highest BCUT2D eigenvalue weighted by atomic mass is 19.1. The molecule has 10 nitrogen and oxygen atoms in total. The van der Waals surface area contributed by atoms with E-state index in [-0.39, 0.29) is 25.2 Å². The Morgan fingerprint density at radius 3 is 2.17 bits per heavy atom. The van der Waals surface area contributed by atoms with Crippen molar-refractivity contribution in [1.82, 2.24) is 20.9 Å². The van der Waals surface area contributed by atoms with E-state index in [0.29, 0.717) is 16.5 Å². The second-order valence-corrected chi connectivity index (χ2v) is 11.8. The summed E-state index contributed by atoms with van der Waals surface area (Å²) in [5.74, 6) is -0.922. The summed E-state index contributed by atoms with van der Waals surface area (Å²) in [6.45, 7) is 10.1. The zero-order chi connectivity index (χ0) is 30.4. The van der Waals surface area contributed by atoms with E-state index < -0.39 is 47.3 Å². The Balaban J connectivity index is 1.77. The molecule has 2 aromatic carbocycles. The number of carbonyl (C=O) groups excluding carboxylic acids is 3. The van der Waals surface area contributed by atoms with Crippen LogP contribution < -0.4 is 16.0 Å². The molecule has 0 spiro atoms. The van der Waals surface area contributed by atoms with Gasteiger partial charge in [-0.3, -0.25) is 4.79 Å². The number of H-pyrrole nitrogens is 1. The van der Waals surface area contributed by atoms with Crippen LogP contribution in [0, 0.1) is 5.82 Å². The third-order valence-electron chi connectivity index (χ3n) is 5.72. The summed E-state index contributed by atoms with van der Waals surface area (Å²) in [6, 6.07) is 12.6. The van der Waals surface area contributed by atoms with Crippen molar-refractivity contribution < 1.29 is 33.4 Å². The van der Waals surface area contributed by atoms with E-state index in [1.807, 2.05) is 30.3 Å². The lowest BCUT2D eigenvalue weighted by atomic mass is 10.0. The molecule has 0 aliphatic carbocycles. The summed E-state index contributed by atoms with van der Waals surface area (Å²) in [6.07, 6.45) is -2.51. The van der Waals surface area contributed by atoms with Gasteiger partial charge in [0.2, 0.25) is 0 Å². The maximum absolute atomic E-state index is 14.1. The fraction of sp³-hybridized carbons (Fsp3) is 0.433. The normalized spacial score (nSPS) is 13.3. The monoisotopic (exact) mass is 570 g/mol. The molecule has 0 bridgehead atoms. The first kappa shape index (κ1) is 31.4. The summed E-state index contributed by atoms with van der Waals surface area (Å²) in [4.78, 5) is 41.0. The quantitative estimate of drug-likeness (QED) is 0.248. The molecule has 0 radical (unpaired) electrons. The van der Waals surface area contributed by atoms with E-state index in [9.17, 15) is 23.9 Å². The van der Waals surface area contributed by atoms with Gasteiger partial charge in [0.05, 0.1) is 12.1 Å². The molecule has 222 valence electrons. The molecular weight excluding hydrogens is 531 g/mol. The van der Waals surface area contributed by atoms with Crippen LogP contribution in [0.5, 0.6) is 0 Å². The van der Waals surface area contributed by atoms with Gasteiger partial charge in [0, 0.05) is 29.6 Å². The zero-order valence-corrected chi connectivity index (χ0v) is 24.3. The lowest BCUT2D eigenvalue weighted by Crippen LogP contribution is -2.48. The van der Waals surface area contributed by atoms with Gasteiger partial charge in [0.1, 0.15) is 22.7 Å². The van der Waals surface area contributed by atoms with Gasteiger partial charge in [-0.1, -0.05) is 30.3 Å². The van der Waals surface area contributed by atoms with Crippen molar-refractivity contribution in [2.45, 2.75) is 71.3 Å². The Labute approximate surface area is 239 Å². The number of aliphatic hydroxyl groups excluding tert-OH is 1. The number of aliphatic hydroxyl groups is 1. The smallest absolute Gasteiger partial charge is 0.407 e. The molecule has 0 saturated carbocycles. The highest BCUT2D eigenvalue weighted by molar-refractivity contribution is 6.09. The highest BCUT2D eigenvalue weighted by Crippen LogP contribution is 2.33. The molecule has 0 aliphatic rings. The zero-order valence-electron chi connectivity index (χ0n) is 24.3. The Kier molecular flexibility index (Phi) is 9.98. The Morgan fingerprint density at radius 2 is 1.54 bits per heavy atom. The number of fused-ring (bicyclic) bond motifs is 1. The number of aromatic nitrogens is 1. The number of carbonyl (C=O) groups is 3. The number of amides is 3. The van der Waals surface area contributed by atoms with Crippen LogP contribution in [0.4, 0.5) is 14.0 Å². The van der Waals surface area contributed by atoms with E-state index in [4.69, 9.17) is 9.47 Å².